The van der Waals surface area contributed by atoms with E-state index in [0.29, 0.717) is 10.5 Å². The summed E-state index contributed by atoms with van der Waals surface area (Å²) in [6, 6.07) is 8.24. The molecule has 4 bridgehead atoms. The van der Waals surface area contributed by atoms with Gasteiger partial charge in [-0.2, -0.15) is 5.10 Å². The largest absolute Gasteiger partial charge is 0.331 e. The molecule has 0 unspecified atom stereocenters. The Kier molecular flexibility index (Phi) is 4.11. The van der Waals surface area contributed by atoms with Crippen LogP contribution in [0, 0.1) is 30.1 Å². The fraction of sp³-hybridized carbons (Fsp3) is 0.600. The molecule has 24 heavy (non-hydrogen) atoms. The fourth-order valence-corrected chi connectivity index (χ4v) is 5.77. The van der Waals surface area contributed by atoms with Gasteiger partial charge in [0.1, 0.15) is 0 Å². The number of aryl methyl sites for hydroxylation is 1. The van der Waals surface area contributed by atoms with Crippen molar-refractivity contribution in [3.8, 4) is 0 Å². The lowest BCUT2D eigenvalue weighted by molar-refractivity contribution is -0.0128. The summed E-state index contributed by atoms with van der Waals surface area (Å²) in [5.41, 5.74) is 6.93. The monoisotopic (exact) mass is 341 g/mol. The van der Waals surface area contributed by atoms with Gasteiger partial charge in [-0.3, -0.25) is 5.43 Å². The van der Waals surface area contributed by atoms with Crippen LogP contribution in [0.3, 0.4) is 0 Å². The van der Waals surface area contributed by atoms with Gasteiger partial charge in [0.25, 0.3) is 0 Å². The second-order valence-electron chi connectivity index (χ2n) is 8.33. The zero-order chi connectivity index (χ0) is 16.7. The molecule has 0 atom stereocenters. The molecule has 0 aromatic heterocycles. The molecule has 128 valence electrons. The van der Waals surface area contributed by atoms with Crippen LogP contribution < -0.4 is 10.7 Å². The van der Waals surface area contributed by atoms with Gasteiger partial charge in [0.2, 0.25) is 0 Å². The van der Waals surface area contributed by atoms with E-state index in [-0.39, 0.29) is 0 Å². The Morgan fingerprint density at radius 3 is 2.12 bits per heavy atom. The predicted molar refractivity (Wildman–Crippen MR) is 104 cm³/mol. The van der Waals surface area contributed by atoms with Crippen molar-refractivity contribution >= 4 is 28.7 Å². The third-order valence-electron chi connectivity index (χ3n) is 6.44. The van der Waals surface area contributed by atoms with E-state index in [4.69, 9.17) is 17.3 Å². The lowest BCUT2D eigenvalue weighted by Gasteiger charge is -2.56. The van der Waals surface area contributed by atoms with Crippen LogP contribution in [0.15, 0.2) is 29.4 Å². The Labute approximate surface area is 150 Å². The first-order valence-electron chi connectivity index (χ1n) is 9.21. The van der Waals surface area contributed by atoms with E-state index in [0.717, 1.165) is 23.4 Å². The Bertz CT molecular complexity index is 627. The summed E-state index contributed by atoms with van der Waals surface area (Å²) in [6.07, 6.45) is 8.42. The first kappa shape index (κ1) is 16.1. The molecule has 1 aromatic rings. The molecule has 0 radical (unpaired) electrons. The summed E-state index contributed by atoms with van der Waals surface area (Å²) in [4.78, 5) is 0. The van der Waals surface area contributed by atoms with Crippen LogP contribution in [0.4, 0.5) is 5.69 Å². The predicted octanol–water partition coefficient (Wildman–Crippen LogP) is 4.87. The van der Waals surface area contributed by atoms with Gasteiger partial charge in [-0.25, -0.2) is 0 Å². The molecule has 0 heterocycles. The smallest absolute Gasteiger partial charge is 0.191 e. The standard InChI is InChI=1S/C20H27N3S/c1-13-3-5-18(6-4-13)21-19(24)23-22-14(2)20-10-15-7-16(11-20)9-17(8-15)12-20/h3-6,15-17H,7-12H2,1-2H3,(H2,21,23,24). The minimum absolute atomic E-state index is 0.348. The van der Waals surface area contributed by atoms with Crippen molar-refractivity contribution < 1.29 is 0 Å². The number of nitrogens with one attached hydrogen (secondary N) is 2. The van der Waals surface area contributed by atoms with Crippen molar-refractivity contribution in [2.24, 2.45) is 28.3 Å². The van der Waals surface area contributed by atoms with Crippen molar-refractivity contribution in [2.45, 2.75) is 52.4 Å². The maximum absolute atomic E-state index is 5.40. The van der Waals surface area contributed by atoms with E-state index in [1.165, 1.54) is 49.8 Å². The molecule has 5 rings (SSSR count). The van der Waals surface area contributed by atoms with Gasteiger partial charge >= 0.3 is 0 Å². The number of rotatable bonds is 3. The molecule has 1 aromatic carbocycles. The topological polar surface area (TPSA) is 36.4 Å². The first-order valence-corrected chi connectivity index (χ1v) is 9.62. The molecule has 0 aliphatic heterocycles. The quantitative estimate of drug-likeness (QED) is 0.468. The molecule has 0 saturated heterocycles. The Balaban J connectivity index is 1.40. The number of hydrazone groups is 1. The molecule has 4 heteroatoms. The van der Waals surface area contributed by atoms with Crippen LogP contribution in [0.2, 0.25) is 0 Å². The summed E-state index contributed by atoms with van der Waals surface area (Å²) in [5.74, 6) is 2.83. The Morgan fingerprint density at radius 1 is 1.04 bits per heavy atom. The lowest BCUT2D eigenvalue weighted by atomic mass is 9.48. The van der Waals surface area contributed by atoms with Crippen molar-refractivity contribution in [3.05, 3.63) is 29.8 Å². The fourth-order valence-electron chi connectivity index (χ4n) is 5.60. The molecule has 2 N–H and O–H groups in total. The highest BCUT2D eigenvalue weighted by Crippen LogP contribution is 2.60. The van der Waals surface area contributed by atoms with Crippen LogP contribution in [-0.4, -0.2) is 10.8 Å². The van der Waals surface area contributed by atoms with Gasteiger partial charge in [0, 0.05) is 16.8 Å². The molecule has 0 spiro atoms. The molecule has 4 aliphatic rings. The van der Waals surface area contributed by atoms with Gasteiger partial charge in [0.05, 0.1) is 0 Å². The summed E-state index contributed by atoms with van der Waals surface area (Å²) in [7, 11) is 0. The van der Waals surface area contributed by atoms with Crippen molar-refractivity contribution in [3.63, 3.8) is 0 Å². The number of benzene rings is 1. The molecule has 4 saturated carbocycles. The third kappa shape index (κ3) is 3.08. The zero-order valence-electron chi connectivity index (χ0n) is 14.6. The SMILES string of the molecule is CC(=NNC(=S)Nc1ccc(C)cc1)C12CC3CC(CC(C3)C1)C2. The van der Waals surface area contributed by atoms with Gasteiger partial charge in [0.15, 0.2) is 5.11 Å². The minimum Gasteiger partial charge on any atom is -0.331 e. The summed E-state index contributed by atoms with van der Waals surface area (Å²) >= 11 is 5.40. The van der Waals surface area contributed by atoms with Crippen molar-refractivity contribution in [1.29, 1.82) is 0 Å². The van der Waals surface area contributed by atoms with Gasteiger partial charge in [-0.1, -0.05) is 17.7 Å². The number of thiocarbonyl (C=S) groups is 1. The van der Waals surface area contributed by atoms with Crippen molar-refractivity contribution in [1.82, 2.24) is 5.43 Å². The van der Waals surface area contributed by atoms with E-state index >= 15 is 0 Å². The maximum atomic E-state index is 5.40. The number of hydrogen-bond acceptors (Lipinski definition) is 2. The minimum atomic E-state index is 0.348. The van der Waals surface area contributed by atoms with Crippen LogP contribution in [0.1, 0.15) is 51.0 Å². The maximum Gasteiger partial charge on any atom is 0.191 e. The highest BCUT2D eigenvalue weighted by Gasteiger charge is 2.52. The van der Waals surface area contributed by atoms with Crippen molar-refractivity contribution in [2.75, 3.05) is 5.32 Å². The van der Waals surface area contributed by atoms with E-state index in [9.17, 15) is 0 Å². The second-order valence-corrected chi connectivity index (χ2v) is 8.74. The van der Waals surface area contributed by atoms with E-state index in [1.54, 1.807) is 0 Å². The highest BCUT2D eigenvalue weighted by atomic mass is 32.1. The summed E-state index contributed by atoms with van der Waals surface area (Å²) in [6.45, 7) is 4.29. The summed E-state index contributed by atoms with van der Waals surface area (Å²) < 4.78 is 0. The first-order chi connectivity index (χ1) is 11.5. The average Bonchev–Trinajstić information content (AvgIpc) is 2.53. The number of hydrogen-bond donors (Lipinski definition) is 2. The van der Waals surface area contributed by atoms with Gasteiger partial charge < -0.3 is 5.32 Å². The Morgan fingerprint density at radius 2 is 1.58 bits per heavy atom. The van der Waals surface area contributed by atoms with Gasteiger partial charge in [-0.05, 0) is 94.5 Å². The zero-order valence-corrected chi connectivity index (χ0v) is 15.5. The Hall–Kier alpha value is -1.42. The van der Waals surface area contributed by atoms with Crippen LogP contribution in [-0.2, 0) is 0 Å². The second kappa shape index (κ2) is 6.14. The molecule has 4 aliphatic carbocycles. The number of anilines is 1. The van der Waals surface area contributed by atoms with Gasteiger partial charge in [-0.15, -0.1) is 0 Å². The van der Waals surface area contributed by atoms with Crippen LogP contribution >= 0.6 is 12.2 Å². The molecular weight excluding hydrogens is 314 g/mol. The molecule has 4 fully saturated rings. The molecular formula is C20H27N3S. The average molecular weight is 342 g/mol. The van der Waals surface area contributed by atoms with E-state index in [2.05, 4.69) is 36.7 Å². The molecule has 0 amide bonds. The summed E-state index contributed by atoms with van der Waals surface area (Å²) in [5, 5.41) is 8.47. The lowest BCUT2D eigenvalue weighted by Crippen LogP contribution is -2.49. The number of nitrogens with zero attached hydrogens (tertiary/aromatic N) is 1. The third-order valence-corrected chi connectivity index (χ3v) is 6.63. The normalized spacial score (nSPS) is 34.2. The molecule has 3 nitrogen and oxygen atoms in total. The van der Waals surface area contributed by atoms with Crippen LogP contribution in [0.25, 0.3) is 0 Å². The van der Waals surface area contributed by atoms with E-state index in [1.807, 2.05) is 12.1 Å². The highest BCUT2D eigenvalue weighted by molar-refractivity contribution is 7.80. The van der Waals surface area contributed by atoms with Crippen LogP contribution in [0.5, 0.6) is 0 Å². The van der Waals surface area contributed by atoms with E-state index < -0.39 is 0 Å².